The van der Waals surface area contributed by atoms with Gasteiger partial charge in [-0.25, -0.2) is 0 Å². The number of ether oxygens (including phenoxy) is 1. The minimum atomic E-state index is -0.228. The molecule has 0 atom stereocenters. The number of H-pyrrole nitrogens is 1. The Bertz CT molecular complexity index is 1310. The maximum absolute atomic E-state index is 13.6. The summed E-state index contributed by atoms with van der Waals surface area (Å²) in [6.07, 6.45) is 6.03. The van der Waals surface area contributed by atoms with Gasteiger partial charge >= 0.3 is 0 Å². The number of benzene rings is 2. The van der Waals surface area contributed by atoms with E-state index in [1.54, 1.807) is 17.0 Å². The summed E-state index contributed by atoms with van der Waals surface area (Å²) >= 11 is 0. The second kappa shape index (κ2) is 10.7. The summed E-state index contributed by atoms with van der Waals surface area (Å²) in [4.78, 5) is 33.5. The van der Waals surface area contributed by atoms with Crippen molar-refractivity contribution in [2.45, 2.75) is 38.8 Å². The SMILES string of the molecule is CCOc1ccc(CN(CCc2c[nH]c3ccccc23)C(=O)CN(C(=O)c2ccco2)C2CC2)cc1. The number of aromatic amines is 1. The van der Waals surface area contributed by atoms with Gasteiger partial charge in [-0.15, -0.1) is 0 Å². The Kier molecular flexibility index (Phi) is 7.07. The minimum Gasteiger partial charge on any atom is -0.494 e. The Balaban J connectivity index is 1.34. The molecule has 2 aromatic carbocycles. The highest BCUT2D eigenvalue weighted by Crippen LogP contribution is 2.29. The molecule has 2 amide bonds. The predicted octanol–water partition coefficient (Wildman–Crippen LogP) is 5.04. The minimum absolute atomic E-state index is 0.0368. The first-order chi connectivity index (χ1) is 17.6. The lowest BCUT2D eigenvalue weighted by atomic mass is 10.1. The van der Waals surface area contributed by atoms with Gasteiger partial charge in [0.25, 0.3) is 5.91 Å². The van der Waals surface area contributed by atoms with E-state index in [0.29, 0.717) is 26.1 Å². The summed E-state index contributed by atoms with van der Waals surface area (Å²) in [7, 11) is 0. The molecule has 0 radical (unpaired) electrons. The maximum atomic E-state index is 13.6. The molecule has 7 nitrogen and oxygen atoms in total. The summed E-state index contributed by atoms with van der Waals surface area (Å²) in [5, 5.41) is 1.17. The van der Waals surface area contributed by atoms with E-state index in [4.69, 9.17) is 9.15 Å². The normalized spacial score (nSPS) is 13.0. The fourth-order valence-electron chi connectivity index (χ4n) is 4.50. The molecule has 4 aromatic rings. The van der Waals surface area contributed by atoms with E-state index in [2.05, 4.69) is 17.1 Å². The molecule has 5 rings (SSSR count). The largest absolute Gasteiger partial charge is 0.494 e. The van der Waals surface area contributed by atoms with Crippen LogP contribution in [0.25, 0.3) is 10.9 Å². The molecule has 0 unspecified atom stereocenters. The number of rotatable bonds is 11. The third-order valence-electron chi connectivity index (χ3n) is 6.57. The Hall–Kier alpha value is -4.00. The van der Waals surface area contributed by atoms with Crippen molar-refractivity contribution in [3.8, 4) is 5.75 Å². The first-order valence-corrected chi connectivity index (χ1v) is 12.5. The number of nitrogens with one attached hydrogen (secondary N) is 1. The lowest BCUT2D eigenvalue weighted by molar-refractivity contribution is -0.132. The number of hydrogen-bond donors (Lipinski definition) is 1. The van der Waals surface area contributed by atoms with Crippen LogP contribution in [0, 0.1) is 0 Å². The van der Waals surface area contributed by atoms with Crippen molar-refractivity contribution in [2.24, 2.45) is 0 Å². The molecule has 0 saturated heterocycles. The molecule has 36 heavy (non-hydrogen) atoms. The van der Waals surface area contributed by atoms with Gasteiger partial charge in [-0.1, -0.05) is 30.3 Å². The molecule has 186 valence electrons. The smallest absolute Gasteiger partial charge is 0.290 e. The van der Waals surface area contributed by atoms with Gasteiger partial charge in [0, 0.05) is 36.2 Å². The third kappa shape index (κ3) is 5.46. The van der Waals surface area contributed by atoms with Gasteiger partial charge in [0.2, 0.25) is 5.91 Å². The van der Waals surface area contributed by atoms with E-state index in [1.165, 1.54) is 17.2 Å². The Morgan fingerprint density at radius 1 is 1.06 bits per heavy atom. The van der Waals surface area contributed by atoms with E-state index in [0.717, 1.165) is 29.7 Å². The standard InChI is InChI=1S/C29H31N3O4/c1-2-35-24-13-9-21(10-14-24)19-31(16-15-22-18-30-26-7-4-3-6-25(22)26)28(33)20-32(23-11-12-23)29(34)27-8-5-17-36-27/h3-10,13-14,17-18,23,30H,2,11-12,15-16,19-20H2,1H3. The van der Waals surface area contributed by atoms with Crippen molar-refractivity contribution in [1.29, 1.82) is 0 Å². The monoisotopic (exact) mass is 485 g/mol. The van der Waals surface area contributed by atoms with Crippen LogP contribution in [-0.2, 0) is 17.8 Å². The van der Waals surface area contributed by atoms with Crippen LogP contribution in [-0.4, -0.2) is 52.3 Å². The highest BCUT2D eigenvalue weighted by atomic mass is 16.5. The highest BCUT2D eigenvalue weighted by molar-refractivity contribution is 5.94. The van der Waals surface area contributed by atoms with E-state index in [9.17, 15) is 9.59 Å². The second-order valence-electron chi connectivity index (χ2n) is 9.14. The van der Waals surface area contributed by atoms with Gasteiger partial charge in [0.15, 0.2) is 5.76 Å². The zero-order chi connectivity index (χ0) is 24.9. The Morgan fingerprint density at radius 3 is 2.58 bits per heavy atom. The first-order valence-electron chi connectivity index (χ1n) is 12.5. The summed E-state index contributed by atoms with van der Waals surface area (Å²) < 4.78 is 10.9. The van der Waals surface area contributed by atoms with Crippen molar-refractivity contribution in [1.82, 2.24) is 14.8 Å². The summed E-state index contributed by atoms with van der Waals surface area (Å²) in [6.45, 7) is 3.60. The summed E-state index contributed by atoms with van der Waals surface area (Å²) in [5.74, 6) is 0.775. The number of hydrogen-bond acceptors (Lipinski definition) is 4. The molecule has 0 bridgehead atoms. The van der Waals surface area contributed by atoms with E-state index >= 15 is 0 Å². The van der Waals surface area contributed by atoms with Gasteiger partial charge in [0.05, 0.1) is 12.9 Å². The molecular formula is C29H31N3O4. The fraction of sp³-hybridized carbons (Fsp3) is 0.310. The average molecular weight is 486 g/mol. The zero-order valence-electron chi connectivity index (χ0n) is 20.5. The van der Waals surface area contributed by atoms with Gasteiger partial charge in [-0.05, 0) is 67.6 Å². The molecule has 2 aromatic heterocycles. The second-order valence-corrected chi connectivity index (χ2v) is 9.14. The lowest BCUT2D eigenvalue weighted by Crippen LogP contribution is -2.44. The summed E-state index contributed by atoms with van der Waals surface area (Å²) in [5.41, 5.74) is 3.27. The van der Waals surface area contributed by atoms with Crippen molar-refractivity contribution in [2.75, 3.05) is 19.7 Å². The van der Waals surface area contributed by atoms with E-state index in [1.807, 2.05) is 54.4 Å². The van der Waals surface area contributed by atoms with Gasteiger partial charge in [0.1, 0.15) is 12.3 Å². The Morgan fingerprint density at radius 2 is 1.86 bits per heavy atom. The number of nitrogens with zero attached hydrogens (tertiary/aromatic N) is 2. The molecule has 1 aliphatic carbocycles. The van der Waals surface area contributed by atoms with Crippen LogP contribution in [0.4, 0.5) is 0 Å². The highest BCUT2D eigenvalue weighted by Gasteiger charge is 2.36. The lowest BCUT2D eigenvalue weighted by Gasteiger charge is -2.27. The number of amides is 2. The molecule has 1 aliphatic rings. The topological polar surface area (TPSA) is 78.8 Å². The van der Waals surface area contributed by atoms with Crippen LogP contribution in [0.5, 0.6) is 5.75 Å². The quantitative estimate of drug-likeness (QED) is 0.323. The Labute approximate surface area is 210 Å². The number of fused-ring (bicyclic) bond motifs is 1. The number of para-hydroxylation sites is 1. The molecule has 1 saturated carbocycles. The number of carbonyl (C=O) groups is 2. The maximum Gasteiger partial charge on any atom is 0.290 e. The van der Waals surface area contributed by atoms with Crippen molar-refractivity contribution in [3.05, 3.63) is 90.0 Å². The summed E-state index contributed by atoms with van der Waals surface area (Å²) in [6, 6.07) is 19.4. The predicted molar refractivity (Wildman–Crippen MR) is 138 cm³/mol. The van der Waals surface area contributed by atoms with Crippen LogP contribution in [0.3, 0.4) is 0 Å². The zero-order valence-corrected chi connectivity index (χ0v) is 20.5. The third-order valence-corrected chi connectivity index (χ3v) is 6.57. The molecule has 2 heterocycles. The van der Waals surface area contributed by atoms with Crippen molar-refractivity contribution >= 4 is 22.7 Å². The van der Waals surface area contributed by atoms with E-state index in [-0.39, 0.29) is 30.2 Å². The van der Waals surface area contributed by atoms with Crippen molar-refractivity contribution < 1.29 is 18.7 Å². The molecule has 1 N–H and O–H groups in total. The molecule has 0 spiro atoms. The van der Waals surface area contributed by atoms with Crippen LogP contribution in [0.15, 0.2) is 77.5 Å². The molecule has 1 fully saturated rings. The van der Waals surface area contributed by atoms with E-state index < -0.39 is 0 Å². The molecule has 0 aliphatic heterocycles. The van der Waals surface area contributed by atoms with Crippen LogP contribution in [0.2, 0.25) is 0 Å². The average Bonchev–Trinajstić information content (AvgIpc) is 3.42. The fourth-order valence-corrected chi connectivity index (χ4v) is 4.50. The number of furan rings is 1. The number of aromatic nitrogens is 1. The van der Waals surface area contributed by atoms with Crippen molar-refractivity contribution in [3.63, 3.8) is 0 Å². The first kappa shape index (κ1) is 23.7. The van der Waals surface area contributed by atoms with Gasteiger partial charge in [-0.3, -0.25) is 9.59 Å². The van der Waals surface area contributed by atoms with Crippen LogP contribution < -0.4 is 4.74 Å². The van der Waals surface area contributed by atoms with Gasteiger partial charge in [-0.2, -0.15) is 0 Å². The number of carbonyl (C=O) groups excluding carboxylic acids is 2. The van der Waals surface area contributed by atoms with Crippen LogP contribution in [0.1, 0.15) is 41.4 Å². The molecule has 7 heteroatoms. The molecular weight excluding hydrogens is 454 g/mol. The van der Waals surface area contributed by atoms with Gasteiger partial charge < -0.3 is 23.9 Å². The van der Waals surface area contributed by atoms with Crippen LogP contribution >= 0.6 is 0 Å².